The topological polar surface area (TPSA) is 24.5 Å². The number of benzene rings is 1. The van der Waals surface area contributed by atoms with E-state index < -0.39 is 0 Å². The minimum Gasteiger partial charge on any atom is -0.497 e. The second-order valence-corrected chi connectivity index (χ2v) is 5.85. The molecule has 1 heterocycles. The Balaban J connectivity index is 1.96. The highest BCUT2D eigenvalue weighted by Crippen LogP contribution is 2.22. The van der Waals surface area contributed by atoms with Gasteiger partial charge in [-0.15, -0.1) is 0 Å². The molecule has 3 heteroatoms. The van der Waals surface area contributed by atoms with Gasteiger partial charge in [0.25, 0.3) is 0 Å². The number of hydrogen-bond donors (Lipinski definition) is 1. The van der Waals surface area contributed by atoms with Gasteiger partial charge in [-0.2, -0.15) is 0 Å². The van der Waals surface area contributed by atoms with Crippen LogP contribution in [0.25, 0.3) is 0 Å². The summed E-state index contributed by atoms with van der Waals surface area (Å²) in [7, 11) is 3.77. The van der Waals surface area contributed by atoms with E-state index in [9.17, 15) is 0 Å². The van der Waals surface area contributed by atoms with Crippen LogP contribution in [0, 0.1) is 0 Å². The number of rotatable bonds is 6. The Kier molecular flexibility index (Phi) is 5.86. The smallest absolute Gasteiger partial charge is 0.118 e. The van der Waals surface area contributed by atoms with Crippen molar-refractivity contribution in [2.45, 2.75) is 44.7 Å². The highest BCUT2D eigenvalue weighted by molar-refractivity contribution is 5.27. The van der Waals surface area contributed by atoms with Crippen molar-refractivity contribution < 1.29 is 4.74 Å². The molecule has 1 aromatic carbocycles. The molecule has 3 nitrogen and oxygen atoms in total. The van der Waals surface area contributed by atoms with Gasteiger partial charge in [0.1, 0.15) is 5.75 Å². The molecule has 0 saturated carbocycles. The van der Waals surface area contributed by atoms with Crippen LogP contribution in [0.5, 0.6) is 5.75 Å². The monoisotopic (exact) mass is 276 g/mol. The standard InChI is InChI=1S/C17H28N2O/c1-14(12-15-7-9-17(20-3)10-8-15)19-11-5-4-6-16(19)13-18-2/h7-10,14,16,18H,4-6,11-13H2,1-3H3. The van der Waals surface area contributed by atoms with Crippen LogP contribution < -0.4 is 10.1 Å². The third-order valence-corrected chi connectivity index (χ3v) is 4.37. The second-order valence-electron chi connectivity index (χ2n) is 5.85. The molecule has 0 spiro atoms. The minimum atomic E-state index is 0.599. The first-order chi connectivity index (χ1) is 9.74. The summed E-state index contributed by atoms with van der Waals surface area (Å²) < 4.78 is 5.22. The van der Waals surface area contributed by atoms with Crippen LogP contribution in [0.2, 0.25) is 0 Å². The molecular formula is C17H28N2O. The number of hydrogen-bond acceptors (Lipinski definition) is 3. The summed E-state index contributed by atoms with van der Waals surface area (Å²) in [4.78, 5) is 2.68. The highest BCUT2D eigenvalue weighted by atomic mass is 16.5. The van der Waals surface area contributed by atoms with E-state index in [0.29, 0.717) is 12.1 Å². The van der Waals surface area contributed by atoms with Crippen LogP contribution in [0.1, 0.15) is 31.7 Å². The first-order valence-electron chi connectivity index (χ1n) is 7.78. The minimum absolute atomic E-state index is 0.599. The van der Waals surface area contributed by atoms with Gasteiger partial charge in [0, 0.05) is 18.6 Å². The van der Waals surface area contributed by atoms with Gasteiger partial charge < -0.3 is 10.1 Å². The Morgan fingerprint density at radius 2 is 2.05 bits per heavy atom. The van der Waals surface area contributed by atoms with Gasteiger partial charge in [-0.05, 0) is 57.5 Å². The lowest BCUT2D eigenvalue weighted by Crippen LogP contribution is -2.49. The summed E-state index contributed by atoms with van der Waals surface area (Å²) in [5, 5.41) is 3.34. The third-order valence-electron chi connectivity index (χ3n) is 4.37. The summed E-state index contributed by atoms with van der Waals surface area (Å²) in [6.45, 7) is 4.70. The molecule has 1 fully saturated rings. The first kappa shape index (κ1) is 15.3. The number of likely N-dealkylation sites (N-methyl/N-ethyl adjacent to an activating group) is 1. The fraction of sp³-hybridized carbons (Fsp3) is 0.647. The van der Waals surface area contributed by atoms with E-state index >= 15 is 0 Å². The predicted octanol–water partition coefficient (Wildman–Crippen LogP) is 2.70. The predicted molar refractivity (Wildman–Crippen MR) is 84.4 cm³/mol. The van der Waals surface area contributed by atoms with Gasteiger partial charge in [-0.1, -0.05) is 18.6 Å². The van der Waals surface area contributed by atoms with E-state index in [1.807, 2.05) is 0 Å². The lowest BCUT2D eigenvalue weighted by molar-refractivity contribution is 0.103. The quantitative estimate of drug-likeness (QED) is 0.864. The van der Waals surface area contributed by atoms with Gasteiger partial charge in [-0.25, -0.2) is 0 Å². The number of nitrogens with one attached hydrogen (secondary N) is 1. The normalized spacial score (nSPS) is 21.6. The van der Waals surface area contributed by atoms with Crippen LogP contribution in [-0.4, -0.2) is 44.2 Å². The molecule has 1 saturated heterocycles. The molecule has 2 rings (SSSR count). The molecule has 0 amide bonds. The average molecular weight is 276 g/mol. The van der Waals surface area contributed by atoms with E-state index in [4.69, 9.17) is 4.74 Å². The number of piperidine rings is 1. The van der Waals surface area contributed by atoms with Gasteiger partial charge >= 0.3 is 0 Å². The van der Waals surface area contributed by atoms with Gasteiger partial charge in [0.05, 0.1) is 7.11 Å². The molecule has 1 aromatic rings. The molecule has 0 bridgehead atoms. The highest BCUT2D eigenvalue weighted by Gasteiger charge is 2.25. The van der Waals surface area contributed by atoms with E-state index in [2.05, 4.69) is 48.5 Å². The Hall–Kier alpha value is -1.06. The van der Waals surface area contributed by atoms with Crippen LogP contribution >= 0.6 is 0 Å². The summed E-state index contributed by atoms with van der Waals surface area (Å²) >= 11 is 0. The Labute approximate surface area is 123 Å². The molecule has 20 heavy (non-hydrogen) atoms. The Morgan fingerprint density at radius 3 is 2.70 bits per heavy atom. The average Bonchev–Trinajstić information content (AvgIpc) is 2.49. The van der Waals surface area contributed by atoms with Crippen molar-refractivity contribution in [3.05, 3.63) is 29.8 Å². The van der Waals surface area contributed by atoms with Gasteiger partial charge in [-0.3, -0.25) is 4.90 Å². The lowest BCUT2D eigenvalue weighted by Gasteiger charge is -2.40. The van der Waals surface area contributed by atoms with Crippen molar-refractivity contribution in [3.8, 4) is 5.75 Å². The number of ether oxygens (including phenoxy) is 1. The zero-order chi connectivity index (χ0) is 14.4. The zero-order valence-electron chi connectivity index (χ0n) is 13.1. The van der Waals surface area contributed by atoms with E-state index in [0.717, 1.165) is 18.7 Å². The summed E-state index contributed by atoms with van der Waals surface area (Å²) in [6.07, 6.45) is 5.16. The summed E-state index contributed by atoms with van der Waals surface area (Å²) in [6, 6.07) is 9.79. The summed E-state index contributed by atoms with van der Waals surface area (Å²) in [5.74, 6) is 0.937. The van der Waals surface area contributed by atoms with Crippen molar-refractivity contribution in [2.75, 3.05) is 27.2 Å². The fourth-order valence-electron chi connectivity index (χ4n) is 3.28. The molecule has 0 radical (unpaired) electrons. The maximum absolute atomic E-state index is 5.22. The first-order valence-corrected chi connectivity index (χ1v) is 7.78. The maximum Gasteiger partial charge on any atom is 0.118 e. The van der Waals surface area contributed by atoms with Crippen LogP contribution in [0.4, 0.5) is 0 Å². The van der Waals surface area contributed by atoms with Crippen molar-refractivity contribution in [1.82, 2.24) is 10.2 Å². The molecule has 0 aliphatic carbocycles. The Morgan fingerprint density at radius 1 is 1.30 bits per heavy atom. The molecule has 1 aliphatic heterocycles. The van der Waals surface area contributed by atoms with Crippen molar-refractivity contribution in [2.24, 2.45) is 0 Å². The maximum atomic E-state index is 5.22. The number of nitrogens with zero attached hydrogens (tertiary/aromatic N) is 1. The summed E-state index contributed by atoms with van der Waals surface area (Å²) in [5.41, 5.74) is 1.40. The SMILES string of the molecule is CNCC1CCCCN1C(C)Cc1ccc(OC)cc1. The van der Waals surface area contributed by atoms with Crippen LogP contribution in [0.15, 0.2) is 24.3 Å². The van der Waals surface area contributed by atoms with Crippen molar-refractivity contribution >= 4 is 0 Å². The fourth-order valence-corrected chi connectivity index (χ4v) is 3.28. The van der Waals surface area contributed by atoms with Crippen molar-refractivity contribution in [3.63, 3.8) is 0 Å². The van der Waals surface area contributed by atoms with Crippen molar-refractivity contribution in [1.29, 1.82) is 0 Å². The molecule has 2 atom stereocenters. The molecule has 112 valence electrons. The molecule has 2 unspecified atom stereocenters. The van der Waals surface area contributed by atoms with Crippen LogP contribution in [-0.2, 0) is 6.42 Å². The molecule has 1 N–H and O–H groups in total. The largest absolute Gasteiger partial charge is 0.497 e. The second kappa shape index (κ2) is 7.65. The Bertz CT molecular complexity index is 388. The van der Waals surface area contributed by atoms with Crippen LogP contribution in [0.3, 0.4) is 0 Å². The molecule has 1 aliphatic rings. The molecule has 0 aromatic heterocycles. The van der Waals surface area contributed by atoms with E-state index in [-0.39, 0.29) is 0 Å². The van der Waals surface area contributed by atoms with Gasteiger partial charge in [0.2, 0.25) is 0 Å². The zero-order valence-corrected chi connectivity index (χ0v) is 13.1. The van der Waals surface area contributed by atoms with E-state index in [1.165, 1.54) is 31.4 Å². The molecular weight excluding hydrogens is 248 g/mol. The van der Waals surface area contributed by atoms with Gasteiger partial charge in [0.15, 0.2) is 0 Å². The number of likely N-dealkylation sites (tertiary alicyclic amines) is 1. The third kappa shape index (κ3) is 3.97. The van der Waals surface area contributed by atoms with E-state index in [1.54, 1.807) is 7.11 Å². The lowest BCUT2D eigenvalue weighted by atomic mass is 9.97. The number of methoxy groups -OCH3 is 1.